The molecule has 1 aliphatic rings. The van der Waals surface area contributed by atoms with Crippen LogP contribution >= 0.6 is 11.3 Å². The van der Waals surface area contributed by atoms with Crippen LogP contribution in [0, 0.1) is 0 Å². The van der Waals surface area contributed by atoms with E-state index in [1.54, 1.807) is 0 Å². The molecule has 4 heterocycles. The Morgan fingerprint density at radius 3 is 2.73 bits per heavy atom. The highest BCUT2D eigenvalue weighted by atomic mass is 32.1. The van der Waals surface area contributed by atoms with Crippen molar-refractivity contribution in [3.8, 4) is 0 Å². The Hall–Kier alpha value is -3.07. The summed E-state index contributed by atoms with van der Waals surface area (Å²) < 4.78 is 21.3. The number of aromatic amines is 1. The number of nitrogen functional groups attached to an aromatic ring is 1. The molecule has 0 saturated carbocycles. The Kier molecular flexibility index (Phi) is 4.93. The minimum Gasteiger partial charge on any atom is -0.477 e. The summed E-state index contributed by atoms with van der Waals surface area (Å²) in [6.07, 6.45) is -6.70. The number of H-pyrrole nitrogens is 1. The van der Waals surface area contributed by atoms with Gasteiger partial charge in [0.05, 0.1) is 13.2 Å². The largest absolute Gasteiger partial charge is 0.477 e. The molecule has 14 heteroatoms. The summed E-state index contributed by atoms with van der Waals surface area (Å²) in [6, 6.07) is 2.85. The zero-order chi connectivity index (χ0) is 21.7. The molecular weight excluding hydrogens is 425 g/mol. The number of nitrogens with two attached hydrogens (primary N) is 1. The van der Waals surface area contributed by atoms with E-state index in [0.717, 1.165) is 20.5 Å². The van der Waals surface area contributed by atoms with Gasteiger partial charge < -0.3 is 25.8 Å². The lowest BCUT2D eigenvalue weighted by molar-refractivity contribution is -0.0513. The molecule has 0 spiro atoms. The maximum absolute atomic E-state index is 14.2. The quantitative estimate of drug-likeness (QED) is 0.326. The molecule has 1 aliphatic heterocycles. The van der Waals surface area contributed by atoms with E-state index in [9.17, 15) is 29.0 Å². The standard InChI is InChI=1S/C16H16FN5O7S/c17-8-6(4-23)29-13(10(8)24)22-11-9(12(25)20-15(18)19-11)21(16(22)28)3-5-1-2-7(30-5)14(26)27/h1-2,6,8,10,13,23-24H,3-4H2,(H,26,27)(H3,18,19,20,25)/t6-,8-,10-,13-/m1/s1. The molecule has 0 radical (unpaired) electrons. The molecular formula is C16H16FN5O7S. The van der Waals surface area contributed by atoms with Gasteiger partial charge in [0, 0.05) is 4.88 Å². The lowest BCUT2D eigenvalue weighted by Crippen LogP contribution is -2.34. The Morgan fingerprint density at radius 1 is 1.40 bits per heavy atom. The molecule has 4 atom stereocenters. The minimum absolute atomic E-state index is 0.0404. The number of rotatable bonds is 5. The van der Waals surface area contributed by atoms with Gasteiger partial charge in [0.1, 0.15) is 17.1 Å². The molecule has 0 amide bonds. The van der Waals surface area contributed by atoms with Crippen molar-refractivity contribution in [3.05, 3.63) is 42.7 Å². The third kappa shape index (κ3) is 3.09. The molecule has 0 aliphatic carbocycles. The number of aliphatic hydroxyl groups is 2. The topological polar surface area (TPSA) is 186 Å². The van der Waals surface area contributed by atoms with E-state index in [1.807, 2.05) is 0 Å². The number of aromatic carboxylic acids is 1. The molecule has 0 unspecified atom stereocenters. The lowest BCUT2D eigenvalue weighted by atomic mass is 10.1. The van der Waals surface area contributed by atoms with Gasteiger partial charge in [0.2, 0.25) is 5.95 Å². The average Bonchev–Trinajstić information content (AvgIpc) is 3.34. The van der Waals surface area contributed by atoms with Gasteiger partial charge in [-0.1, -0.05) is 0 Å². The van der Waals surface area contributed by atoms with E-state index in [2.05, 4.69) is 9.97 Å². The number of nitrogens with one attached hydrogen (secondary N) is 1. The molecule has 0 aromatic carbocycles. The average molecular weight is 441 g/mol. The normalized spacial score (nSPS) is 24.0. The summed E-state index contributed by atoms with van der Waals surface area (Å²) in [7, 11) is 0. The number of carboxylic acid groups (broad SMARTS) is 1. The number of aromatic nitrogens is 4. The summed E-state index contributed by atoms with van der Waals surface area (Å²) >= 11 is 0.909. The van der Waals surface area contributed by atoms with Crippen LogP contribution in [-0.2, 0) is 11.3 Å². The van der Waals surface area contributed by atoms with Gasteiger partial charge in [-0.05, 0) is 12.1 Å². The predicted octanol–water partition coefficient (Wildman–Crippen LogP) is -1.13. The van der Waals surface area contributed by atoms with Crippen LogP contribution in [0.1, 0.15) is 20.8 Å². The Morgan fingerprint density at radius 2 is 2.13 bits per heavy atom. The van der Waals surface area contributed by atoms with E-state index >= 15 is 0 Å². The molecule has 4 rings (SSSR count). The maximum Gasteiger partial charge on any atom is 0.345 e. The Labute approximate surface area is 169 Å². The molecule has 3 aromatic heterocycles. The van der Waals surface area contributed by atoms with Crippen molar-refractivity contribution in [2.75, 3.05) is 12.3 Å². The van der Waals surface area contributed by atoms with Gasteiger partial charge in [-0.25, -0.2) is 18.5 Å². The van der Waals surface area contributed by atoms with Gasteiger partial charge in [-0.3, -0.25) is 14.3 Å². The third-order valence-corrected chi connectivity index (χ3v) is 5.80. The van der Waals surface area contributed by atoms with Crippen LogP contribution in [0.3, 0.4) is 0 Å². The summed E-state index contributed by atoms with van der Waals surface area (Å²) in [5.41, 5.74) is 3.52. The number of anilines is 1. The third-order valence-electron chi connectivity index (χ3n) is 4.74. The number of ether oxygens (including phenoxy) is 1. The summed E-state index contributed by atoms with van der Waals surface area (Å²) in [4.78, 5) is 43.5. The van der Waals surface area contributed by atoms with E-state index in [1.165, 1.54) is 12.1 Å². The second-order valence-electron chi connectivity index (χ2n) is 6.62. The van der Waals surface area contributed by atoms with E-state index < -0.39 is 48.4 Å². The van der Waals surface area contributed by atoms with Crippen molar-refractivity contribution in [1.29, 1.82) is 0 Å². The van der Waals surface area contributed by atoms with Crippen LogP contribution in [0.2, 0.25) is 0 Å². The molecule has 160 valence electrons. The second kappa shape index (κ2) is 7.32. The first-order valence-corrected chi connectivity index (χ1v) is 9.45. The van der Waals surface area contributed by atoms with Crippen molar-refractivity contribution in [2.45, 2.75) is 31.2 Å². The van der Waals surface area contributed by atoms with E-state index in [4.69, 9.17) is 15.6 Å². The number of imidazole rings is 1. The highest BCUT2D eigenvalue weighted by Gasteiger charge is 2.46. The zero-order valence-corrected chi connectivity index (χ0v) is 15.9. The number of alkyl halides is 1. The summed E-state index contributed by atoms with van der Waals surface area (Å²) in [6.45, 7) is -0.911. The van der Waals surface area contributed by atoms with Crippen molar-refractivity contribution in [2.24, 2.45) is 0 Å². The molecule has 1 fully saturated rings. The monoisotopic (exact) mass is 441 g/mol. The van der Waals surface area contributed by atoms with Crippen molar-refractivity contribution in [1.82, 2.24) is 19.1 Å². The lowest BCUT2D eigenvalue weighted by Gasteiger charge is -2.15. The Balaban J connectivity index is 1.89. The number of halogens is 1. The SMILES string of the molecule is Nc1nc2c(c(=O)[nH]1)n(Cc1ccc(C(=O)O)s1)c(=O)n2[C@@H]1O[C@H](CO)[C@@H](F)[C@H]1O. The molecule has 0 bridgehead atoms. The maximum atomic E-state index is 14.2. The first-order chi connectivity index (χ1) is 14.2. The number of thiophene rings is 1. The predicted molar refractivity (Wildman–Crippen MR) is 101 cm³/mol. The fourth-order valence-electron chi connectivity index (χ4n) is 3.38. The number of hydrogen-bond acceptors (Lipinski definition) is 9. The zero-order valence-electron chi connectivity index (χ0n) is 15.1. The van der Waals surface area contributed by atoms with Crippen molar-refractivity contribution < 1.29 is 29.2 Å². The highest BCUT2D eigenvalue weighted by molar-refractivity contribution is 7.13. The van der Waals surface area contributed by atoms with Crippen LogP contribution in [-0.4, -0.2) is 65.4 Å². The molecule has 6 N–H and O–H groups in total. The van der Waals surface area contributed by atoms with Gasteiger partial charge in [-0.2, -0.15) is 4.98 Å². The van der Waals surface area contributed by atoms with Crippen molar-refractivity contribution >= 4 is 34.4 Å². The number of hydrogen-bond donors (Lipinski definition) is 5. The van der Waals surface area contributed by atoms with Crippen LogP contribution in [0.15, 0.2) is 21.7 Å². The van der Waals surface area contributed by atoms with E-state index in [0.29, 0.717) is 4.88 Å². The minimum atomic E-state index is -1.97. The number of aliphatic hydroxyl groups excluding tert-OH is 2. The van der Waals surface area contributed by atoms with Crippen LogP contribution in [0.4, 0.5) is 10.3 Å². The number of nitrogens with zero attached hydrogens (tertiary/aromatic N) is 3. The number of fused-ring (bicyclic) bond motifs is 1. The smallest absolute Gasteiger partial charge is 0.345 e. The van der Waals surface area contributed by atoms with Gasteiger partial charge in [0.25, 0.3) is 5.56 Å². The molecule has 1 saturated heterocycles. The summed E-state index contributed by atoms with van der Waals surface area (Å²) in [5, 5.41) is 28.5. The van der Waals surface area contributed by atoms with Gasteiger partial charge >= 0.3 is 11.7 Å². The number of carboxylic acids is 1. The first-order valence-electron chi connectivity index (χ1n) is 8.64. The van der Waals surface area contributed by atoms with Gasteiger partial charge in [-0.15, -0.1) is 11.3 Å². The van der Waals surface area contributed by atoms with Crippen molar-refractivity contribution in [3.63, 3.8) is 0 Å². The molecule has 12 nitrogen and oxygen atoms in total. The van der Waals surface area contributed by atoms with E-state index in [-0.39, 0.29) is 28.5 Å². The molecule has 3 aromatic rings. The highest BCUT2D eigenvalue weighted by Crippen LogP contribution is 2.32. The fraction of sp³-hybridized carbons (Fsp3) is 0.375. The van der Waals surface area contributed by atoms with Crippen LogP contribution < -0.4 is 17.0 Å². The summed E-state index contributed by atoms with van der Waals surface area (Å²) in [5.74, 6) is -1.45. The fourth-order valence-corrected chi connectivity index (χ4v) is 4.21. The molecule has 30 heavy (non-hydrogen) atoms. The first kappa shape index (κ1) is 20.2. The van der Waals surface area contributed by atoms with Crippen LogP contribution in [0.5, 0.6) is 0 Å². The van der Waals surface area contributed by atoms with Gasteiger partial charge in [0.15, 0.2) is 23.6 Å². The second-order valence-corrected chi connectivity index (χ2v) is 7.78. The Bertz CT molecular complexity index is 1250. The number of carbonyl (C=O) groups is 1. The van der Waals surface area contributed by atoms with Crippen LogP contribution in [0.25, 0.3) is 11.2 Å².